The van der Waals surface area contributed by atoms with Gasteiger partial charge in [0.15, 0.2) is 0 Å². The van der Waals surface area contributed by atoms with Gasteiger partial charge in [-0.15, -0.1) is 0 Å². The summed E-state index contributed by atoms with van der Waals surface area (Å²) in [5.41, 5.74) is 4.52. The van der Waals surface area contributed by atoms with Gasteiger partial charge in [-0.2, -0.15) is 11.3 Å². The molecule has 0 aliphatic carbocycles. The predicted molar refractivity (Wildman–Crippen MR) is 86.5 cm³/mol. The van der Waals surface area contributed by atoms with Crippen molar-refractivity contribution in [1.82, 2.24) is 5.32 Å². The minimum atomic E-state index is -0.624. The number of carbonyl (C=O) groups is 1. The Morgan fingerprint density at radius 3 is 2.81 bits per heavy atom. The van der Waals surface area contributed by atoms with Gasteiger partial charge in [-0.25, -0.2) is 0 Å². The molecule has 2 aromatic rings. The molecule has 1 aromatic carbocycles. The normalized spacial score (nSPS) is 12.1. The van der Waals surface area contributed by atoms with Crippen molar-refractivity contribution in [3.8, 4) is 0 Å². The smallest absolute Gasteiger partial charge is 0.220 e. The molecule has 0 saturated heterocycles. The summed E-state index contributed by atoms with van der Waals surface area (Å²) in [6, 6.07) is 8.16. The molecule has 112 valence electrons. The first-order valence-electron chi connectivity index (χ1n) is 7.09. The van der Waals surface area contributed by atoms with Crippen molar-refractivity contribution in [2.24, 2.45) is 0 Å². The van der Waals surface area contributed by atoms with Gasteiger partial charge >= 0.3 is 0 Å². The standard InChI is InChI=1S/C17H21NO2S/c1-12-3-4-14(13(2)9-12)5-6-17(20)18-10-16(19)15-7-8-21-11-15/h3-4,7-9,11,16,19H,5-6,10H2,1-2H3,(H,18,20). The molecule has 1 atom stereocenters. The molecule has 0 aliphatic heterocycles. The molecule has 1 aromatic heterocycles. The van der Waals surface area contributed by atoms with Crippen LogP contribution in [-0.2, 0) is 11.2 Å². The number of hydrogen-bond donors (Lipinski definition) is 2. The van der Waals surface area contributed by atoms with E-state index in [1.807, 2.05) is 16.8 Å². The third kappa shape index (κ3) is 4.69. The molecule has 0 fully saturated rings. The topological polar surface area (TPSA) is 49.3 Å². The Balaban J connectivity index is 1.77. The van der Waals surface area contributed by atoms with Gasteiger partial charge in [-0.05, 0) is 53.8 Å². The summed E-state index contributed by atoms with van der Waals surface area (Å²) in [5, 5.41) is 16.5. The van der Waals surface area contributed by atoms with Crippen molar-refractivity contribution in [2.45, 2.75) is 32.8 Å². The van der Waals surface area contributed by atoms with Crippen molar-refractivity contribution < 1.29 is 9.90 Å². The number of aryl methyl sites for hydroxylation is 3. The maximum atomic E-state index is 11.8. The average molecular weight is 303 g/mol. The highest BCUT2D eigenvalue weighted by atomic mass is 32.1. The monoisotopic (exact) mass is 303 g/mol. The van der Waals surface area contributed by atoms with E-state index < -0.39 is 6.10 Å². The van der Waals surface area contributed by atoms with E-state index in [1.165, 1.54) is 28.0 Å². The number of amides is 1. The molecule has 21 heavy (non-hydrogen) atoms. The fraction of sp³-hybridized carbons (Fsp3) is 0.353. The quantitative estimate of drug-likeness (QED) is 0.861. The van der Waals surface area contributed by atoms with E-state index in [0.717, 1.165) is 12.0 Å². The lowest BCUT2D eigenvalue weighted by molar-refractivity contribution is -0.121. The fourth-order valence-corrected chi connectivity index (χ4v) is 2.96. The minimum absolute atomic E-state index is 0.0238. The van der Waals surface area contributed by atoms with Crippen LogP contribution in [0.4, 0.5) is 0 Å². The molecule has 0 spiro atoms. The number of aliphatic hydroxyl groups is 1. The molecule has 0 aliphatic rings. The zero-order valence-electron chi connectivity index (χ0n) is 12.4. The van der Waals surface area contributed by atoms with Gasteiger partial charge in [0.1, 0.15) is 0 Å². The molecule has 0 bridgehead atoms. The van der Waals surface area contributed by atoms with E-state index in [4.69, 9.17) is 0 Å². The van der Waals surface area contributed by atoms with Crippen molar-refractivity contribution in [3.63, 3.8) is 0 Å². The lowest BCUT2D eigenvalue weighted by Gasteiger charge is -2.11. The van der Waals surface area contributed by atoms with Crippen molar-refractivity contribution >= 4 is 17.2 Å². The Bertz CT molecular complexity index is 593. The highest BCUT2D eigenvalue weighted by Gasteiger charge is 2.10. The highest BCUT2D eigenvalue weighted by Crippen LogP contribution is 2.15. The highest BCUT2D eigenvalue weighted by molar-refractivity contribution is 7.07. The molecule has 1 heterocycles. The van der Waals surface area contributed by atoms with Crippen LogP contribution in [0.1, 0.15) is 34.8 Å². The van der Waals surface area contributed by atoms with Crippen LogP contribution in [0.25, 0.3) is 0 Å². The molecule has 3 nitrogen and oxygen atoms in total. The first-order valence-corrected chi connectivity index (χ1v) is 8.03. The number of rotatable bonds is 6. The minimum Gasteiger partial charge on any atom is -0.387 e. The molecule has 0 saturated carbocycles. The van der Waals surface area contributed by atoms with E-state index in [2.05, 4.69) is 37.4 Å². The summed E-state index contributed by atoms with van der Waals surface area (Å²) in [5.74, 6) is -0.0238. The number of aliphatic hydroxyl groups excluding tert-OH is 1. The van der Waals surface area contributed by atoms with Crippen LogP contribution in [0.2, 0.25) is 0 Å². The number of hydrogen-bond acceptors (Lipinski definition) is 3. The summed E-state index contributed by atoms with van der Waals surface area (Å²) in [6.45, 7) is 4.40. The Hall–Kier alpha value is -1.65. The van der Waals surface area contributed by atoms with E-state index in [1.54, 1.807) is 0 Å². The zero-order chi connectivity index (χ0) is 15.2. The van der Waals surface area contributed by atoms with Gasteiger partial charge in [-0.3, -0.25) is 4.79 Å². The van der Waals surface area contributed by atoms with Crippen molar-refractivity contribution in [3.05, 3.63) is 57.3 Å². The summed E-state index contributed by atoms with van der Waals surface area (Å²) in [4.78, 5) is 11.8. The number of nitrogens with one attached hydrogen (secondary N) is 1. The van der Waals surface area contributed by atoms with E-state index >= 15 is 0 Å². The zero-order valence-corrected chi connectivity index (χ0v) is 13.2. The van der Waals surface area contributed by atoms with Crippen LogP contribution >= 0.6 is 11.3 Å². The van der Waals surface area contributed by atoms with E-state index in [0.29, 0.717) is 6.42 Å². The second-order valence-corrected chi connectivity index (χ2v) is 6.09. The second kappa shape index (κ2) is 7.38. The largest absolute Gasteiger partial charge is 0.387 e. The lowest BCUT2D eigenvalue weighted by Crippen LogP contribution is -2.28. The first-order chi connectivity index (χ1) is 10.1. The molecule has 4 heteroatoms. The average Bonchev–Trinajstić information content (AvgIpc) is 2.98. The summed E-state index contributed by atoms with van der Waals surface area (Å²) in [6.07, 6.45) is 0.550. The molecule has 1 amide bonds. The second-order valence-electron chi connectivity index (χ2n) is 5.31. The van der Waals surface area contributed by atoms with Gasteiger partial charge in [0.2, 0.25) is 5.91 Å². The third-order valence-electron chi connectivity index (χ3n) is 3.54. The number of thiophene rings is 1. The van der Waals surface area contributed by atoms with Crippen LogP contribution in [0, 0.1) is 13.8 Å². The van der Waals surface area contributed by atoms with Gasteiger partial charge in [-0.1, -0.05) is 23.8 Å². The molecular formula is C17H21NO2S. The lowest BCUT2D eigenvalue weighted by atomic mass is 10.0. The van der Waals surface area contributed by atoms with Crippen LogP contribution in [0.15, 0.2) is 35.0 Å². The SMILES string of the molecule is Cc1ccc(CCC(=O)NCC(O)c2ccsc2)c(C)c1. The van der Waals surface area contributed by atoms with Gasteiger partial charge in [0.25, 0.3) is 0 Å². The number of benzene rings is 1. The Labute approximate surface area is 129 Å². The number of carbonyl (C=O) groups excluding carboxylic acids is 1. The molecule has 2 rings (SSSR count). The summed E-state index contributed by atoms with van der Waals surface area (Å²) < 4.78 is 0. The predicted octanol–water partition coefficient (Wildman–Crippen LogP) is 3.15. The van der Waals surface area contributed by atoms with E-state index in [9.17, 15) is 9.90 Å². The first kappa shape index (κ1) is 15.7. The van der Waals surface area contributed by atoms with Gasteiger partial charge in [0.05, 0.1) is 6.10 Å². The van der Waals surface area contributed by atoms with Crippen LogP contribution in [0.5, 0.6) is 0 Å². The van der Waals surface area contributed by atoms with Gasteiger partial charge in [0, 0.05) is 13.0 Å². The molecule has 0 radical (unpaired) electrons. The van der Waals surface area contributed by atoms with Crippen molar-refractivity contribution in [1.29, 1.82) is 0 Å². The maximum Gasteiger partial charge on any atom is 0.220 e. The Kier molecular flexibility index (Phi) is 5.53. The van der Waals surface area contributed by atoms with Crippen molar-refractivity contribution in [2.75, 3.05) is 6.54 Å². The molecule has 1 unspecified atom stereocenters. The third-order valence-corrected chi connectivity index (χ3v) is 4.24. The van der Waals surface area contributed by atoms with Crippen LogP contribution < -0.4 is 5.32 Å². The maximum absolute atomic E-state index is 11.8. The van der Waals surface area contributed by atoms with E-state index in [-0.39, 0.29) is 12.5 Å². The fourth-order valence-electron chi connectivity index (χ4n) is 2.26. The Morgan fingerprint density at radius 2 is 2.14 bits per heavy atom. The van der Waals surface area contributed by atoms with Gasteiger partial charge < -0.3 is 10.4 Å². The molecule has 2 N–H and O–H groups in total. The van der Waals surface area contributed by atoms with Crippen LogP contribution in [0.3, 0.4) is 0 Å². The molecular weight excluding hydrogens is 282 g/mol. The summed E-state index contributed by atoms with van der Waals surface area (Å²) >= 11 is 1.54. The summed E-state index contributed by atoms with van der Waals surface area (Å²) in [7, 11) is 0. The van der Waals surface area contributed by atoms with Crippen LogP contribution in [-0.4, -0.2) is 17.6 Å². The Morgan fingerprint density at radius 1 is 1.33 bits per heavy atom.